The quantitative estimate of drug-likeness (QED) is 0.505. The van der Waals surface area contributed by atoms with E-state index in [0.717, 1.165) is 12.1 Å². The summed E-state index contributed by atoms with van der Waals surface area (Å²) >= 11 is 0. The van der Waals surface area contributed by atoms with Crippen LogP contribution in [0.15, 0.2) is 83.8 Å². The Labute approximate surface area is 185 Å². The number of benzene rings is 3. The predicted octanol–water partition coefficient (Wildman–Crippen LogP) is 5.08. The zero-order chi connectivity index (χ0) is 23.4. The van der Waals surface area contributed by atoms with Crippen LogP contribution in [0, 0.1) is 0 Å². The molecular formula is C23H23F3N2O3S. The Kier molecular flexibility index (Phi) is 7.22. The van der Waals surface area contributed by atoms with Gasteiger partial charge < -0.3 is 9.64 Å². The first kappa shape index (κ1) is 23.8. The zero-order valence-corrected chi connectivity index (χ0v) is 18.3. The predicted molar refractivity (Wildman–Crippen MR) is 116 cm³/mol. The van der Waals surface area contributed by atoms with Crippen molar-refractivity contribution in [2.45, 2.75) is 17.1 Å². The van der Waals surface area contributed by atoms with Gasteiger partial charge in [0.1, 0.15) is 11.5 Å². The second-order valence-electron chi connectivity index (χ2n) is 7.45. The first-order valence-corrected chi connectivity index (χ1v) is 11.2. The molecule has 0 saturated carbocycles. The van der Waals surface area contributed by atoms with Crippen LogP contribution in [0.4, 0.5) is 13.2 Å². The maximum absolute atomic E-state index is 13.1. The van der Waals surface area contributed by atoms with E-state index in [0.29, 0.717) is 11.5 Å². The van der Waals surface area contributed by atoms with E-state index in [4.69, 9.17) is 4.74 Å². The molecule has 3 aromatic rings. The average Bonchev–Trinajstić information content (AvgIpc) is 2.73. The number of ether oxygens (including phenoxy) is 1. The third-order valence-corrected chi connectivity index (χ3v) is 6.06. The van der Waals surface area contributed by atoms with Crippen LogP contribution in [0.25, 0.3) is 0 Å². The largest absolute Gasteiger partial charge is 0.457 e. The molecule has 1 N–H and O–H groups in total. The van der Waals surface area contributed by atoms with Crippen LogP contribution in [0.2, 0.25) is 0 Å². The molecule has 0 heterocycles. The van der Waals surface area contributed by atoms with Gasteiger partial charge >= 0.3 is 6.18 Å². The Hall–Kier alpha value is -2.88. The van der Waals surface area contributed by atoms with Gasteiger partial charge in [0.05, 0.1) is 16.5 Å². The molecule has 0 amide bonds. The third-order valence-electron chi connectivity index (χ3n) is 4.57. The van der Waals surface area contributed by atoms with Gasteiger partial charge in [-0.15, -0.1) is 0 Å². The number of para-hydroxylation sites is 1. The van der Waals surface area contributed by atoms with E-state index in [1.165, 1.54) is 36.4 Å². The monoisotopic (exact) mass is 464 g/mol. The molecule has 0 bridgehead atoms. The molecule has 0 fully saturated rings. The maximum atomic E-state index is 13.1. The van der Waals surface area contributed by atoms with Crippen LogP contribution in [-0.4, -0.2) is 34.0 Å². The molecule has 0 unspecified atom stereocenters. The van der Waals surface area contributed by atoms with Crippen LogP contribution >= 0.6 is 0 Å². The van der Waals surface area contributed by atoms with Gasteiger partial charge in [0.2, 0.25) is 10.0 Å². The SMILES string of the molecule is CN(C)C[C@@H](NS(=O)(=O)c1ccc(Oc2ccccc2)cc1)c1cccc(C(F)(F)F)c1. The molecule has 0 aliphatic heterocycles. The van der Waals surface area contributed by atoms with Crippen molar-refractivity contribution in [3.63, 3.8) is 0 Å². The summed E-state index contributed by atoms with van der Waals surface area (Å²) in [6, 6.07) is 18.6. The van der Waals surface area contributed by atoms with E-state index in [2.05, 4.69) is 4.72 Å². The van der Waals surface area contributed by atoms with Gasteiger partial charge in [-0.1, -0.05) is 30.3 Å². The number of likely N-dealkylation sites (N-methyl/N-ethyl adjacent to an activating group) is 1. The molecule has 1 atom stereocenters. The summed E-state index contributed by atoms with van der Waals surface area (Å²) < 4.78 is 73.5. The van der Waals surface area contributed by atoms with Crippen molar-refractivity contribution >= 4 is 10.0 Å². The summed E-state index contributed by atoms with van der Waals surface area (Å²) in [5, 5.41) is 0. The third kappa shape index (κ3) is 6.32. The van der Waals surface area contributed by atoms with Gasteiger partial charge in [0, 0.05) is 6.54 Å². The molecule has 0 aromatic heterocycles. The van der Waals surface area contributed by atoms with E-state index in [1.54, 1.807) is 31.1 Å². The first-order valence-electron chi connectivity index (χ1n) is 9.72. The standard InChI is InChI=1S/C23H23F3N2O3S/c1-28(2)16-22(17-7-6-8-18(15-17)23(24,25)26)27-32(29,30)21-13-11-20(12-14-21)31-19-9-4-3-5-10-19/h3-15,22,27H,16H2,1-2H3/t22-/m1/s1. The summed E-state index contributed by atoms with van der Waals surface area (Å²) in [4.78, 5) is 1.68. The lowest BCUT2D eigenvalue weighted by Gasteiger charge is -2.23. The topological polar surface area (TPSA) is 58.6 Å². The smallest absolute Gasteiger partial charge is 0.416 e. The van der Waals surface area contributed by atoms with Gasteiger partial charge in [-0.25, -0.2) is 13.1 Å². The van der Waals surface area contributed by atoms with Crippen LogP contribution in [0.1, 0.15) is 17.2 Å². The number of sulfonamides is 1. The van der Waals surface area contributed by atoms with E-state index >= 15 is 0 Å². The van der Waals surface area contributed by atoms with Crippen molar-refractivity contribution in [1.82, 2.24) is 9.62 Å². The molecular weight excluding hydrogens is 441 g/mol. The molecule has 0 saturated heterocycles. The fraction of sp³-hybridized carbons (Fsp3) is 0.217. The summed E-state index contributed by atoms with van der Waals surface area (Å²) in [5.74, 6) is 1.06. The minimum Gasteiger partial charge on any atom is -0.457 e. The lowest BCUT2D eigenvalue weighted by Crippen LogP contribution is -2.35. The lowest BCUT2D eigenvalue weighted by molar-refractivity contribution is -0.137. The number of nitrogens with zero attached hydrogens (tertiary/aromatic N) is 1. The highest BCUT2D eigenvalue weighted by molar-refractivity contribution is 7.89. The van der Waals surface area contributed by atoms with Crippen molar-refractivity contribution in [3.05, 3.63) is 90.0 Å². The molecule has 0 aliphatic rings. The van der Waals surface area contributed by atoms with Crippen LogP contribution < -0.4 is 9.46 Å². The molecule has 32 heavy (non-hydrogen) atoms. The van der Waals surface area contributed by atoms with Crippen LogP contribution in [-0.2, 0) is 16.2 Å². The van der Waals surface area contributed by atoms with Crippen molar-refractivity contribution in [3.8, 4) is 11.5 Å². The number of hydrogen-bond donors (Lipinski definition) is 1. The van der Waals surface area contributed by atoms with Crippen molar-refractivity contribution in [1.29, 1.82) is 0 Å². The fourth-order valence-corrected chi connectivity index (χ4v) is 4.29. The molecule has 5 nitrogen and oxygen atoms in total. The van der Waals surface area contributed by atoms with Crippen molar-refractivity contribution < 1.29 is 26.3 Å². The summed E-state index contributed by atoms with van der Waals surface area (Å²) in [7, 11) is -0.579. The Bertz CT molecular complexity index is 1130. The minimum atomic E-state index is -4.52. The second-order valence-corrected chi connectivity index (χ2v) is 9.16. The van der Waals surface area contributed by atoms with Gasteiger partial charge in [0.25, 0.3) is 0 Å². The summed E-state index contributed by atoms with van der Waals surface area (Å²) in [6.07, 6.45) is -4.52. The fourth-order valence-electron chi connectivity index (χ4n) is 3.07. The van der Waals surface area contributed by atoms with E-state index in [-0.39, 0.29) is 17.0 Å². The Balaban J connectivity index is 1.83. The van der Waals surface area contributed by atoms with E-state index < -0.39 is 27.8 Å². The highest BCUT2D eigenvalue weighted by Crippen LogP contribution is 2.31. The van der Waals surface area contributed by atoms with E-state index in [9.17, 15) is 21.6 Å². The highest BCUT2D eigenvalue weighted by Gasteiger charge is 2.31. The summed E-state index contributed by atoms with van der Waals surface area (Å²) in [5.41, 5.74) is -0.610. The maximum Gasteiger partial charge on any atom is 0.416 e. The van der Waals surface area contributed by atoms with Crippen molar-refractivity contribution in [2.24, 2.45) is 0 Å². The number of rotatable bonds is 8. The van der Waals surface area contributed by atoms with E-state index in [1.807, 2.05) is 18.2 Å². The number of nitrogens with one attached hydrogen (secondary N) is 1. The van der Waals surface area contributed by atoms with Gasteiger partial charge in [-0.2, -0.15) is 13.2 Å². The number of hydrogen-bond acceptors (Lipinski definition) is 4. The normalized spacial score (nSPS) is 13.2. The lowest BCUT2D eigenvalue weighted by atomic mass is 10.0. The second kappa shape index (κ2) is 9.72. The number of halogens is 3. The molecule has 0 aliphatic carbocycles. The highest BCUT2D eigenvalue weighted by atomic mass is 32.2. The molecule has 170 valence electrons. The van der Waals surface area contributed by atoms with Crippen molar-refractivity contribution in [2.75, 3.05) is 20.6 Å². The minimum absolute atomic E-state index is 0.0198. The average molecular weight is 465 g/mol. The molecule has 3 rings (SSSR count). The van der Waals surface area contributed by atoms with Gasteiger partial charge in [-0.05, 0) is 68.2 Å². The molecule has 9 heteroatoms. The zero-order valence-electron chi connectivity index (χ0n) is 17.5. The first-order chi connectivity index (χ1) is 15.0. The Morgan fingerprint density at radius 1 is 0.906 bits per heavy atom. The Morgan fingerprint density at radius 2 is 1.53 bits per heavy atom. The molecule has 0 radical (unpaired) electrons. The van der Waals surface area contributed by atoms with Crippen LogP contribution in [0.5, 0.6) is 11.5 Å². The summed E-state index contributed by atoms with van der Waals surface area (Å²) in [6.45, 7) is 0.176. The van der Waals surface area contributed by atoms with Crippen LogP contribution in [0.3, 0.4) is 0 Å². The molecule has 3 aromatic carbocycles. The number of alkyl halides is 3. The van der Waals surface area contributed by atoms with Gasteiger partial charge in [0.15, 0.2) is 0 Å². The Morgan fingerprint density at radius 3 is 2.12 bits per heavy atom. The van der Waals surface area contributed by atoms with Gasteiger partial charge in [-0.3, -0.25) is 0 Å². The molecule has 0 spiro atoms.